The number of aromatic nitrogens is 1. The van der Waals surface area contributed by atoms with Crippen molar-refractivity contribution in [2.45, 2.75) is 51.0 Å². The molecule has 0 bridgehead atoms. The lowest BCUT2D eigenvalue weighted by Crippen LogP contribution is -2.22. The molecular weight excluding hydrogens is 312 g/mol. The van der Waals surface area contributed by atoms with Crippen LogP contribution < -0.4 is 5.32 Å². The molecule has 0 spiro atoms. The molecule has 0 radical (unpaired) electrons. The topological polar surface area (TPSA) is 66.7 Å². The van der Waals surface area contributed by atoms with Gasteiger partial charge in [0.05, 0.1) is 5.71 Å². The van der Waals surface area contributed by atoms with Crippen LogP contribution in [0.2, 0.25) is 0 Å². The summed E-state index contributed by atoms with van der Waals surface area (Å²) in [6, 6.07) is 2.21. The first-order chi connectivity index (χ1) is 12.3. The van der Waals surface area contributed by atoms with Crippen molar-refractivity contribution in [3.63, 3.8) is 0 Å². The van der Waals surface area contributed by atoms with Gasteiger partial charge in [0.1, 0.15) is 5.69 Å². The van der Waals surface area contributed by atoms with Crippen LogP contribution in [0, 0.1) is 0 Å². The molecule has 1 aliphatic carbocycles. The van der Waals surface area contributed by atoms with Gasteiger partial charge in [0, 0.05) is 36.6 Å². The van der Waals surface area contributed by atoms with Crippen molar-refractivity contribution < 1.29 is 4.79 Å². The average Bonchev–Trinajstić information content (AvgIpc) is 2.62. The highest BCUT2D eigenvalue weighted by Crippen LogP contribution is 2.27. The van der Waals surface area contributed by atoms with Gasteiger partial charge in [-0.05, 0) is 25.3 Å². The number of aldehydes is 1. The molecule has 2 heterocycles. The molecule has 1 aromatic heterocycles. The highest BCUT2D eigenvalue weighted by Gasteiger charge is 2.15. The van der Waals surface area contributed by atoms with Gasteiger partial charge in [-0.3, -0.25) is 14.8 Å². The van der Waals surface area contributed by atoms with Gasteiger partial charge < -0.3 is 5.32 Å². The summed E-state index contributed by atoms with van der Waals surface area (Å²) in [6.07, 6.45) is 20.0. The highest BCUT2D eigenvalue weighted by molar-refractivity contribution is 6.31. The van der Waals surface area contributed by atoms with E-state index in [1.54, 1.807) is 18.5 Å². The van der Waals surface area contributed by atoms with Crippen molar-refractivity contribution in [3.05, 3.63) is 42.3 Å². The van der Waals surface area contributed by atoms with Crippen LogP contribution in [0.25, 0.3) is 0 Å². The Hall–Kier alpha value is -2.56. The molecule has 1 N–H and O–H groups in total. The maximum absolute atomic E-state index is 11.1. The minimum absolute atomic E-state index is 0.432. The van der Waals surface area contributed by atoms with Gasteiger partial charge in [0.25, 0.3) is 0 Å². The maximum Gasteiger partial charge on any atom is 0.152 e. The van der Waals surface area contributed by atoms with E-state index < -0.39 is 0 Å². The number of nitrogens with one attached hydrogen (secondary N) is 1. The fraction of sp³-hybridized carbons (Fsp3) is 0.400. The Labute approximate surface area is 148 Å². The first-order valence-electron chi connectivity index (χ1n) is 8.97. The smallest absolute Gasteiger partial charge is 0.152 e. The van der Waals surface area contributed by atoms with Crippen LogP contribution in [0.4, 0.5) is 11.5 Å². The van der Waals surface area contributed by atoms with Gasteiger partial charge in [-0.15, -0.1) is 0 Å². The molecule has 0 amide bonds. The zero-order valence-electron chi connectivity index (χ0n) is 14.4. The third-order valence-electron chi connectivity index (χ3n) is 4.44. The predicted molar refractivity (Wildman–Crippen MR) is 103 cm³/mol. The molecule has 0 saturated heterocycles. The number of aliphatic imine (C=N–C) groups is 2. The summed E-state index contributed by atoms with van der Waals surface area (Å²) in [5.41, 5.74) is 2.10. The SMILES string of the molecule is O=Cc1cnc(NC2CCCCC2)c(N=CC2=NC=CC/C=C\C2)c1. The van der Waals surface area contributed by atoms with Crippen molar-refractivity contribution in [2.75, 3.05) is 5.32 Å². The van der Waals surface area contributed by atoms with Gasteiger partial charge in [-0.2, -0.15) is 0 Å². The normalized spacial score (nSPS) is 19.9. The molecule has 5 nitrogen and oxygen atoms in total. The van der Waals surface area contributed by atoms with Crippen molar-refractivity contribution in [2.24, 2.45) is 9.98 Å². The van der Waals surface area contributed by atoms with E-state index in [1.165, 1.54) is 19.3 Å². The van der Waals surface area contributed by atoms with E-state index >= 15 is 0 Å². The van der Waals surface area contributed by atoms with Crippen LogP contribution in [-0.4, -0.2) is 29.2 Å². The van der Waals surface area contributed by atoms with Crippen molar-refractivity contribution in [1.82, 2.24) is 4.98 Å². The molecule has 25 heavy (non-hydrogen) atoms. The van der Waals surface area contributed by atoms with Crippen LogP contribution in [-0.2, 0) is 0 Å². The van der Waals surface area contributed by atoms with E-state index in [-0.39, 0.29) is 0 Å². The second-order valence-corrected chi connectivity index (χ2v) is 6.41. The summed E-state index contributed by atoms with van der Waals surface area (Å²) < 4.78 is 0. The molecule has 1 aromatic rings. The molecule has 0 atom stereocenters. The number of rotatable bonds is 5. The monoisotopic (exact) mass is 336 g/mol. The number of allylic oxidation sites excluding steroid dienone is 3. The Morgan fingerprint density at radius 1 is 1.16 bits per heavy atom. The summed E-state index contributed by atoms with van der Waals surface area (Å²) in [7, 11) is 0. The lowest BCUT2D eigenvalue weighted by atomic mass is 9.95. The lowest BCUT2D eigenvalue weighted by molar-refractivity contribution is 0.112. The number of nitrogens with zero attached hydrogens (tertiary/aromatic N) is 3. The van der Waals surface area contributed by atoms with Gasteiger partial charge >= 0.3 is 0 Å². The zero-order valence-corrected chi connectivity index (χ0v) is 14.4. The molecule has 2 aliphatic rings. The van der Waals surface area contributed by atoms with E-state index in [0.717, 1.165) is 43.5 Å². The van der Waals surface area contributed by atoms with Gasteiger partial charge in [-0.25, -0.2) is 4.98 Å². The van der Waals surface area contributed by atoms with Crippen LogP contribution >= 0.6 is 0 Å². The molecular formula is C20H24N4O. The summed E-state index contributed by atoms with van der Waals surface area (Å²) in [5.74, 6) is 0.742. The Kier molecular flexibility index (Phi) is 6.26. The summed E-state index contributed by atoms with van der Waals surface area (Å²) in [4.78, 5) is 24.5. The Morgan fingerprint density at radius 3 is 2.88 bits per heavy atom. The number of carbonyl (C=O) groups is 1. The lowest BCUT2D eigenvalue weighted by Gasteiger charge is -2.23. The average molecular weight is 336 g/mol. The minimum atomic E-state index is 0.432. The molecule has 1 aliphatic heterocycles. The molecule has 1 fully saturated rings. The second kappa shape index (κ2) is 9.06. The molecule has 0 aromatic carbocycles. The minimum Gasteiger partial charge on any atom is -0.366 e. The third kappa shape index (κ3) is 5.21. The van der Waals surface area contributed by atoms with Crippen LogP contribution in [0.1, 0.15) is 55.3 Å². The van der Waals surface area contributed by atoms with Gasteiger partial charge in [0.2, 0.25) is 0 Å². The van der Waals surface area contributed by atoms with E-state index in [0.29, 0.717) is 17.3 Å². The molecule has 130 valence electrons. The summed E-state index contributed by atoms with van der Waals surface area (Å²) >= 11 is 0. The Balaban J connectivity index is 1.80. The molecule has 0 unspecified atom stereocenters. The van der Waals surface area contributed by atoms with Crippen LogP contribution in [0.15, 0.2) is 46.7 Å². The summed E-state index contributed by atoms with van der Waals surface area (Å²) in [6.45, 7) is 0. The van der Waals surface area contributed by atoms with Crippen LogP contribution in [0.5, 0.6) is 0 Å². The maximum atomic E-state index is 11.1. The van der Waals surface area contributed by atoms with Gasteiger partial charge in [-0.1, -0.05) is 37.5 Å². The number of anilines is 1. The first kappa shape index (κ1) is 17.3. The van der Waals surface area contributed by atoms with E-state index in [9.17, 15) is 4.79 Å². The fourth-order valence-corrected chi connectivity index (χ4v) is 3.05. The standard InChI is InChI=1S/C20H24N4O/c25-15-16-12-19(22-14-18-10-4-1-2-7-11-21-18)20(23-13-16)24-17-8-5-3-6-9-17/h1,4,7,11-15,17H,2-3,5-6,8-10H2,(H,23,24)/b4-1-,11-7?,21-18?,22-14?. The predicted octanol–water partition coefficient (Wildman–Crippen LogP) is 4.65. The van der Waals surface area contributed by atoms with Crippen molar-refractivity contribution >= 4 is 29.7 Å². The number of hydrogen-bond donors (Lipinski definition) is 1. The third-order valence-corrected chi connectivity index (χ3v) is 4.44. The molecule has 3 rings (SSSR count). The fourth-order valence-electron chi connectivity index (χ4n) is 3.05. The Bertz CT molecular complexity index is 712. The largest absolute Gasteiger partial charge is 0.366 e. The highest BCUT2D eigenvalue weighted by atomic mass is 16.1. The summed E-state index contributed by atoms with van der Waals surface area (Å²) in [5, 5.41) is 3.50. The van der Waals surface area contributed by atoms with Gasteiger partial charge in [0.15, 0.2) is 12.1 Å². The molecule has 5 heteroatoms. The first-order valence-corrected chi connectivity index (χ1v) is 8.97. The van der Waals surface area contributed by atoms with E-state index in [4.69, 9.17) is 0 Å². The number of pyridine rings is 1. The number of carbonyl (C=O) groups excluding carboxylic acids is 1. The van der Waals surface area contributed by atoms with Crippen molar-refractivity contribution in [1.29, 1.82) is 0 Å². The number of hydrogen-bond acceptors (Lipinski definition) is 5. The van der Waals surface area contributed by atoms with Crippen LogP contribution in [0.3, 0.4) is 0 Å². The van der Waals surface area contributed by atoms with E-state index in [2.05, 4.69) is 32.4 Å². The second-order valence-electron chi connectivity index (χ2n) is 6.41. The van der Waals surface area contributed by atoms with Crippen molar-refractivity contribution in [3.8, 4) is 0 Å². The van der Waals surface area contributed by atoms with E-state index in [1.807, 2.05) is 12.3 Å². The molecule has 1 saturated carbocycles. The zero-order chi connectivity index (χ0) is 17.3. The Morgan fingerprint density at radius 2 is 2.04 bits per heavy atom. The quantitative estimate of drug-likeness (QED) is 0.483.